The second-order valence-electron chi connectivity index (χ2n) is 6.19. The summed E-state index contributed by atoms with van der Waals surface area (Å²) in [5.41, 5.74) is 1.94. The number of halogens is 2. The molecule has 0 fully saturated rings. The highest BCUT2D eigenvalue weighted by Gasteiger charge is 2.23. The molecule has 0 bridgehead atoms. The fourth-order valence-corrected chi connectivity index (χ4v) is 4.23. The molecule has 0 atom stereocenters. The Morgan fingerprint density at radius 3 is 2.37 bits per heavy atom. The molecule has 0 unspecified atom stereocenters. The normalized spacial score (nSPS) is 11.0. The van der Waals surface area contributed by atoms with E-state index in [0.29, 0.717) is 27.9 Å². The minimum Gasteiger partial charge on any atom is -0.313 e. The molecule has 1 N–H and O–H groups in total. The summed E-state index contributed by atoms with van der Waals surface area (Å²) in [6.45, 7) is 0.375. The Morgan fingerprint density at radius 1 is 1.17 bits per heavy atom. The standard InChI is InChI=1S/C19H14Cl2N4O3S2/c1-30(27,28)24-18(26)16-17(21)29-19(23-16)25(11-13-2-6-14(20)7-3-13)15-8-4-12(10-22)5-9-15/h2-9H,11H2,1H3,(H,24,26). The number of nitrogens with one attached hydrogen (secondary N) is 1. The van der Waals surface area contributed by atoms with Crippen LogP contribution in [0.3, 0.4) is 0 Å². The van der Waals surface area contributed by atoms with E-state index >= 15 is 0 Å². The Labute approximate surface area is 187 Å². The number of nitriles is 1. The van der Waals surface area contributed by atoms with Gasteiger partial charge in [0.2, 0.25) is 10.0 Å². The molecule has 0 radical (unpaired) electrons. The van der Waals surface area contributed by atoms with Gasteiger partial charge in [-0.2, -0.15) is 5.26 Å². The monoisotopic (exact) mass is 480 g/mol. The minimum absolute atomic E-state index is 0.0564. The predicted molar refractivity (Wildman–Crippen MR) is 118 cm³/mol. The lowest BCUT2D eigenvalue weighted by Gasteiger charge is -2.22. The molecule has 2 aromatic carbocycles. The van der Waals surface area contributed by atoms with Gasteiger partial charge in [-0.25, -0.2) is 18.1 Å². The summed E-state index contributed by atoms with van der Waals surface area (Å²) in [5, 5.41) is 10.0. The third-order valence-corrected chi connectivity index (χ3v) is 5.95. The van der Waals surface area contributed by atoms with Crippen molar-refractivity contribution in [2.24, 2.45) is 0 Å². The van der Waals surface area contributed by atoms with Crippen LogP contribution in [0, 0.1) is 11.3 Å². The van der Waals surface area contributed by atoms with Crippen molar-refractivity contribution in [3.05, 3.63) is 74.7 Å². The van der Waals surface area contributed by atoms with Crippen molar-refractivity contribution in [3.63, 3.8) is 0 Å². The number of thiazole rings is 1. The maximum absolute atomic E-state index is 12.2. The fourth-order valence-electron chi connectivity index (χ4n) is 2.52. The molecule has 7 nitrogen and oxygen atoms in total. The van der Waals surface area contributed by atoms with Gasteiger partial charge in [0, 0.05) is 10.7 Å². The van der Waals surface area contributed by atoms with Crippen LogP contribution in [-0.4, -0.2) is 25.6 Å². The van der Waals surface area contributed by atoms with E-state index < -0.39 is 15.9 Å². The SMILES string of the molecule is CS(=O)(=O)NC(=O)c1nc(N(Cc2ccc(Cl)cc2)c2ccc(C#N)cc2)sc1Cl. The van der Waals surface area contributed by atoms with Crippen LogP contribution < -0.4 is 9.62 Å². The highest BCUT2D eigenvalue weighted by Crippen LogP contribution is 2.36. The van der Waals surface area contributed by atoms with Crippen LogP contribution in [0.5, 0.6) is 0 Å². The molecule has 3 aromatic rings. The van der Waals surface area contributed by atoms with E-state index in [0.717, 1.165) is 23.2 Å². The maximum Gasteiger partial charge on any atom is 0.285 e. The lowest BCUT2D eigenvalue weighted by molar-refractivity contribution is 0.0977. The molecule has 154 valence electrons. The second kappa shape index (κ2) is 9.02. The number of aromatic nitrogens is 1. The Bertz CT molecular complexity index is 1220. The van der Waals surface area contributed by atoms with Gasteiger partial charge in [0.05, 0.1) is 24.4 Å². The zero-order valence-electron chi connectivity index (χ0n) is 15.5. The van der Waals surface area contributed by atoms with Gasteiger partial charge < -0.3 is 4.90 Å². The van der Waals surface area contributed by atoms with Crippen molar-refractivity contribution < 1.29 is 13.2 Å². The zero-order valence-corrected chi connectivity index (χ0v) is 18.6. The average Bonchev–Trinajstić information content (AvgIpc) is 3.08. The first-order valence-electron chi connectivity index (χ1n) is 8.37. The number of sulfonamides is 1. The molecule has 1 heterocycles. The van der Waals surface area contributed by atoms with Gasteiger partial charge in [0.15, 0.2) is 10.8 Å². The number of carbonyl (C=O) groups excluding carboxylic acids is 1. The van der Waals surface area contributed by atoms with E-state index in [9.17, 15) is 13.2 Å². The summed E-state index contributed by atoms with van der Waals surface area (Å²) in [6.07, 6.45) is 0.871. The lowest BCUT2D eigenvalue weighted by atomic mass is 10.2. The highest BCUT2D eigenvalue weighted by molar-refractivity contribution is 7.89. The number of anilines is 2. The van der Waals surface area contributed by atoms with Crippen LogP contribution in [0.15, 0.2) is 48.5 Å². The van der Waals surface area contributed by atoms with E-state index in [2.05, 4.69) is 11.1 Å². The molecule has 0 aliphatic rings. The van der Waals surface area contributed by atoms with Crippen LogP contribution in [0.25, 0.3) is 0 Å². The topological polar surface area (TPSA) is 103 Å². The van der Waals surface area contributed by atoms with Gasteiger partial charge in [-0.05, 0) is 42.0 Å². The number of amides is 1. The molecule has 0 aliphatic heterocycles. The average molecular weight is 481 g/mol. The molecule has 3 rings (SSSR count). The fraction of sp³-hybridized carbons (Fsp3) is 0.105. The van der Waals surface area contributed by atoms with E-state index in [1.807, 2.05) is 16.9 Å². The molecule has 0 aliphatic carbocycles. The number of hydrogen-bond acceptors (Lipinski definition) is 7. The maximum atomic E-state index is 12.2. The molecule has 0 saturated carbocycles. The zero-order chi connectivity index (χ0) is 21.9. The summed E-state index contributed by atoms with van der Waals surface area (Å²) < 4.78 is 24.7. The largest absolute Gasteiger partial charge is 0.313 e. The van der Waals surface area contributed by atoms with Gasteiger partial charge in [-0.3, -0.25) is 4.79 Å². The first-order valence-corrected chi connectivity index (χ1v) is 11.8. The number of rotatable bonds is 6. The molecular formula is C19H14Cl2N4O3S2. The molecule has 1 aromatic heterocycles. The van der Waals surface area contributed by atoms with Crippen molar-refractivity contribution >= 4 is 61.3 Å². The van der Waals surface area contributed by atoms with Gasteiger partial charge in [0.25, 0.3) is 5.91 Å². The first kappa shape index (κ1) is 22.1. The Balaban J connectivity index is 2.01. The quantitative estimate of drug-likeness (QED) is 0.562. The van der Waals surface area contributed by atoms with Crippen molar-refractivity contribution in [1.82, 2.24) is 9.71 Å². The van der Waals surface area contributed by atoms with Crippen molar-refractivity contribution in [3.8, 4) is 6.07 Å². The lowest BCUT2D eigenvalue weighted by Crippen LogP contribution is -2.29. The summed E-state index contributed by atoms with van der Waals surface area (Å²) in [5.74, 6) is -0.906. The first-order chi connectivity index (χ1) is 14.2. The van der Waals surface area contributed by atoms with Gasteiger partial charge in [-0.1, -0.05) is 46.7 Å². The van der Waals surface area contributed by atoms with Crippen LogP contribution in [0.4, 0.5) is 10.8 Å². The molecule has 11 heteroatoms. The van der Waals surface area contributed by atoms with Crippen LogP contribution >= 0.6 is 34.5 Å². The number of carbonyl (C=O) groups is 1. The van der Waals surface area contributed by atoms with Gasteiger partial charge in [-0.15, -0.1) is 0 Å². The smallest absolute Gasteiger partial charge is 0.285 e. The molecule has 0 spiro atoms. The number of nitrogens with zero attached hydrogens (tertiary/aromatic N) is 3. The third kappa shape index (κ3) is 5.49. The molecule has 30 heavy (non-hydrogen) atoms. The molecule has 1 amide bonds. The summed E-state index contributed by atoms with van der Waals surface area (Å²) in [7, 11) is -3.76. The predicted octanol–water partition coefficient (Wildman–Crippen LogP) is 4.35. The Morgan fingerprint density at radius 2 is 1.80 bits per heavy atom. The summed E-state index contributed by atoms with van der Waals surface area (Å²) in [6, 6.07) is 16.1. The van der Waals surface area contributed by atoms with E-state index in [1.54, 1.807) is 41.3 Å². The van der Waals surface area contributed by atoms with E-state index in [-0.39, 0.29) is 10.0 Å². The highest BCUT2D eigenvalue weighted by atomic mass is 35.5. The summed E-state index contributed by atoms with van der Waals surface area (Å²) in [4.78, 5) is 18.3. The van der Waals surface area contributed by atoms with E-state index in [4.69, 9.17) is 28.5 Å². The third-order valence-electron chi connectivity index (χ3n) is 3.86. The van der Waals surface area contributed by atoms with E-state index in [1.165, 1.54) is 0 Å². The Kier molecular flexibility index (Phi) is 6.63. The van der Waals surface area contributed by atoms with Crippen LogP contribution in [0.2, 0.25) is 9.36 Å². The number of benzene rings is 2. The Hall–Kier alpha value is -2.64. The second-order valence-corrected chi connectivity index (χ2v) is 9.96. The molecular weight excluding hydrogens is 467 g/mol. The van der Waals surface area contributed by atoms with Crippen molar-refractivity contribution in [2.45, 2.75) is 6.54 Å². The van der Waals surface area contributed by atoms with Crippen LogP contribution in [0.1, 0.15) is 21.6 Å². The van der Waals surface area contributed by atoms with Gasteiger partial charge in [0.1, 0.15) is 4.34 Å². The van der Waals surface area contributed by atoms with Crippen molar-refractivity contribution in [2.75, 3.05) is 11.2 Å². The summed E-state index contributed by atoms with van der Waals surface area (Å²) >= 11 is 13.2. The van der Waals surface area contributed by atoms with Crippen LogP contribution in [-0.2, 0) is 16.6 Å². The van der Waals surface area contributed by atoms with Gasteiger partial charge >= 0.3 is 0 Å². The van der Waals surface area contributed by atoms with Crippen molar-refractivity contribution in [1.29, 1.82) is 5.26 Å². The molecule has 0 saturated heterocycles. The minimum atomic E-state index is -3.76. The number of hydrogen-bond donors (Lipinski definition) is 1.